The van der Waals surface area contributed by atoms with Crippen molar-refractivity contribution in [2.75, 3.05) is 6.54 Å². The van der Waals surface area contributed by atoms with Crippen LogP contribution in [0.3, 0.4) is 0 Å². The molecular weight excluding hydrogens is 340 g/mol. The molecule has 0 heterocycles. The van der Waals surface area contributed by atoms with Gasteiger partial charge in [-0.25, -0.2) is 5.01 Å². The van der Waals surface area contributed by atoms with Crippen molar-refractivity contribution in [3.63, 3.8) is 0 Å². The minimum absolute atomic E-state index is 0.721. The van der Waals surface area contributed by atoms with Gasteiger partial charge >= 0.3 is 0 Å². The molecule has 2 nitrogen and oxygen atoms in total. The number of hydrogen-bond donors (Lipinski definition) is 1. The van der Waals surface area contributed by atoms with Gasteiger partial charge in [-0.15, -0.1) is 0 Å². The van der Waals surface area contributed by atoms with Crippen LogP contribution in [0.25, 0.3) is 0 Å². The third kappa shape index (κ3) is 11.2. The minimum Gasteiger partial charge on any atom is -0.252 e. The standard InChI is InChI=1S/C26H52N2/c1-2-28(26-23-19-15-11-7-8-12-16-20-24-26)27-25-21-17-13-9-5-3-4-6-10-14-18-22-25/h25-27H,2-24H2,1H3. The first-order valence-electron chi connectivity index (χ1n) is 13.4. The van der Waals surface area contributed by atoms with Crippen LogP contribution in [0.1, 0.15) is 148 Å². The molecule has 0 bridgehead atoms. The van der Waals surface area contributed by atoms with Gasteiger partial charge in [-0.3, -0.25) is 5.43 Å². The van der Waals surface area contributed by atoms with E-state index >= 15 is 0 Å². The van der Waals surface area contributed by atoms with Gasteiger partial charge in [0.15, 0.2) is 0 Å². The quantitative estimate of drug-likeness (QED) is 0.485. The van der Waals surface area contributed by atoms with Crippen LogP contribution in [0.15, 0.2) is 0 Å². The Labute approximate surface area is 177 Å². The number of hydrogen-bond acceptors (Lipinski definition) is 2. The summed E-state index contributed by atoms with van der Waals surface area (Å²) < 4.78 is 0. The van der Waals surface area contributed by atoms with E-state index in [1.54, 1.807) is 0 Å². The van der Waals surface area contributed by atoms with Crippen molar-refractivity contribution < 1.29 is 0 Å². The summed E-state index contributed by atoms with van der Waals surface area (Å²) in [6.07, 6.45) is 31.9. The summed E-state index contributed by atoms with van der Waals surface area (Å²) >= 11 is 0. The van der Waals surface area contributed by atoms with Gasteiger partial charge in [0.25, 0.3) is 0 Å². The van der Waals surface area contributed by atoms with Crippen LogP contribution >= 0.6 is 0 Å². The zero-order chi connectivity index (χ0) is 19.7. The molecule has 0 radical (unpaired) electrons. The number of nitrogens with zero attached hydrogens (tertiary/aromatic N) is 1. The first-order valence-corrected chi connectivity index (χ1v) is 13.4. The summed E-state index contributed by atoms with van der Waals surface area (Å²) in [5.41, 5.74) is 4.08. The third-order valence-corrected chi connectivity index (χ3v) is 7.31. The molecule has 0 aliphatic heterocycles. The summed E-state index contributed by atoms with van der Waals surface area (Å²) in [5, 5.41) is 2.68. The molecule has 28 heavy (non-hydrogen) atoms. The molecular formula is C26H52N2. The van der Waals surface area contributed by atoms with Crippen molar-refractivity contribution in [1.29, 1.82) is 0 Å². The van der Waals surface area contributed by atoms with Crippen LogP contribution in [0.5, 0.6) is 0 Å². The Morgan fingerprint density at radius 1 is 0.500 bits per heavy atom. The first-order chi connectivity index (χ1) is 13.9. The van der Waals surface area contributed by atoms with Crippen molar-refractivity contribution in [3.8, 4) is 0 Å². The largest absolute Gasteiger partial charge is 0.252 e. The predicted octanol–water partition coefficient (Wildman–Crippen LogP) is 8.16. The van der Waals surface area contributed by atoms with E-state index in [1.165, 1.54) is 148 Å². The van der Waals surface area contributed by atoms with Gasteiger partial charge in [-0.05, 0) is 25.7 Å². The lowest BCUT2D eigenvalue weighted by atomic mass is 10.0. The molecule has 0 unspecified atom stereocenters. The minimum atomic E-state index is 0.721. The first kappa shape index (κ1) is 24.2. The highest BCUT2D eigenvalue weighted by Gasteiger charge is 2.20. The fourth-order valence-electron chi connectivity index (χ4n) is 5.44. The van der Waals surface area contributed by atoms with Crippen LogP contribution in [0, 0.1) is 0 Å². The summed E-state index contributed by atoms with van der Waals surface area (Å²) in [5.74, 6) is 0. The maximum Gasteiger partial charge on any atom is 0.0243 e. The molecule has 2 rings (SSSR count). The molecule has 0 aromatic heterocycles. The second-order valence-corrected chi connectivity index (χ2v) is 9.78. The number of rotatable bonds is 4. The maximum atomic E-state index is 4.08. The Morgan fingerprint density at radius 2 is 0.821 bits per heavy atom. The zero-order valence-electron chi connectivity index (χ0n) is 19.4. The zero-order valence-corrected chi connectivity index (χ0v) is 19.4. The Bertz CT molecular complexity index is 317. The van der Waals surface area contributed by atoms with Gasteiger partial charge in [0.1, 0.15) is 0 Å². The topological polar surface area (TPSA) is 15.3 Å². The molecule has 0 aromatic rings. The van der Waals surface area contributed by atoms with E-state index in [2.05, 4.69) is 17.4 Å². The fourth-order valence-corrected chi connectivity index (χ4v) is 5.44. The van der Waals surface area contributed by atoms with Crippen molar-refractivity contribution in [1.82, 2.24) is 10.4 Å². The van der Waals surface area contributed by atoms with Crippen LogP contribution in [-0.2, 0) is 0 Å². The van der Waals surface area contributed by atoms with Gasteiger partial charge in [0.05, 0.1) is 0 Å². The average Bonchev–Trinajstić information content (AvgIpc) is 2.75. The Balaban J connectivity index is 1.85. The molecule has 2 heteroatoms. The molecule has 2 saturated carbocycles. The van der Waals surface area contributed by atoms with Crippen molar-refractivity contribution in [3.05, 3.63) is 0 Å². The predicted molar refractivity (Wildman–Crippen MR) is 125 cm³/mol. The molecule has 1 N–H and O–H groups in total. The highest BCUT2D eigenvalue weighted by atomic mass is 15.5. The van der Waals surface area contributed by atoms with E-state index in [4.69, 9.17) is 0 Å². The maximum absolute atomic E-state index is 4.08. The van der Waals surface area contributed by atoms with Gasteiger partial charge < -0.3 is 0 Å². The van der Waals surface area contributed by atoms with Crippen LogP contribution in [-0.4, -0.2) is 23.6 Å². The Morgan fingerprint density at radius 3 is 1.18 bits per heavy atom. The lowest BCUT2D eigenvalue weighted by Crippen LogP contribution is -2.50. The molecule has 0 atom stereocenters. The summed E-state index contributed by atoms with van der Waals surface area (Å²) in [6, 6.07) is 1.49. The molecule has 166 valence electrons. The van der Waals surface area contributed by atoms with Gasteiger partial charge in [-0.2, -0.15) is 0 Å². The van der Waals surface area contributed by atoms with E-state index in [0.717, 1.165) is 12.1 Å². The van der Waals surface area contributed by atoms with E-state index in [1.807, 2.05) is 0 Å². The molecule has 0 aromatic carbocycles. The number of nitrogens with one attached hydrogen (secondary N) is 1. The van der Waals surface area contributed by atoms with Gasteiger partial charge in [-0.1, -0.05) is 122 Å². The van der Waals surface area contributed by atoms with Crippen LogP contribution < -0.4 is 5.43 Å². The summed E-state index contributed by atoms with van der Waals surface area (Å²) in [7, 11) is 0. The molecule has 0 amide bonds. The molecule has 0 saturated heterocycles. The fraction of sp³-hybridized carbons (Fsp3) is 1.00. The van der Waals surface area contributed by atoms with Gasteiger partial charge in [0, 0.05) is 18.6 Å². The van der Waals surface area contributed by atoms with Crippen molar-refractivity contribution in [2.45, 2.75) is 160 Å². The SMILES string of the molecule is CCN(NC1CCCCCCCCCCCC1)C1CCCCCCCCCC1. The number of hydrazine groups is 1. The summed E-state index contributed by atoms with van der Waals surface area (Å²) in [4.78, 5) is 0. The second kappa shape index (κ2) is 16.7. The highest BCUT2D eigenvalue weighted by molar-refractivity contribution is 4.74. The smallest absolute Gasteiger partial charge is 0.0243 e. The molecule has 2 fully saturated rings. The Kier molecular flexibility index (Phi) is 14.4. The molecule has 2 aliphatic rings. The highest BCUT2D eigenvalue weighted by Crippen LogP contribution is 2.22. The van der Waals surface area contributed by atoms with E-state index < -0.39 is 0 Å². The van der Waals surface area contributed by atoms with Crippen LogP contribution in [0.2, 0.25) is 0 Å². The van der Waals surface area contributed by atoms with E-state index in [-0.39, 0.29) is 0 Å². The molecule has 2 aliphatic carbocycles. The van der Waals surface area contributed by atoms with E-state index in [9.17, 15) is 0 Å². The van der Waals surface area contributed by atoms with Crippen molar-refractivity contribution >= 4 is 0 Å². The van der Waals surface area contributed by atoms with Crippen LogP contribution in [0.4, 0.5) is 0 Å². The average molecular weight is 393 g/mol. The lowest BCUT2D eigenvalue weighted by Gasteiger charge is -2.35. The van der Waals surface area contributed by atoms with Gasteiger partial charge in [0.2, 0.25) is 0 Å². The molecule has 0 spiro atoms. The Hall–Kier alpha value is -0.0800. The summed E-state index contributed by atoms with van der Waals surface area (Å²) in [6.45, 7) is 3.54. The monoisotopic (exact) mass is 392 g/mol. The second-order valence-electron chi connectivity index (χ2n) is 9.78. The third-order valence-electron chi connectivity index (χ3n) is 7.31. The van der Waals surface area contributed by atoms with E-state index in [0.29, 0.717) is 0 Å². The van der Waals surface area contributed by atoms with Crippen molar-refractivity contribution in [2.24, 2.45) is 0 Å². The normalized spacial score (nSPS) is 24.6. The lowest BCUT2D eigenvalue weighted by molar-refractivity contribution is 0.0845.